The average Bonchev–Trinajstić information content (AvgIpc) is 3.38. The molecule has 8 heteroatoms. The molecule has 2 fully saturated rings. The Bertz CT molecular complexity index is 759. The van der Waals surface area contributed by atoms with Crippen LogP contribution < -0.4 is 16.4 Å². The lowest BCUT2D eigenvalue weighted by atomic mass is 10.1. The monoisotopic (exact) mass is 417 g/mol. The molecular weight excluding hydrogens is 386 g/mol. The standard InChI is InChI=1S/C21H31N5O2S/c1-3-26-20(28)17(29-21(26)18(22)19(27)23-2)14-24-16-8-6-15(7-9-16)10-13-25-11-4-5-12-25/h6-9,17,24H,3-5,10-14,22H2,1-2H3,(H,23,27)/b21-18+/t17-/m1/s1. The second-order valence-corrected chi connectivity index (χ2v) is 8.55. The molecule has 0 aliphatic carbocycles. The highest BCUT2D eigenvalue weighted by atomic mass is 32.2. The molecule has 2 heterocycles. The van der Waals surface area contributed by atoms with Gasteiger partial charge >= 0.3 is 0 Å². The fourth-order valence-corrected chi connectivity index (χ4v) is 4.92. The minimum atomic E-state index is -0.364. The summed E-state index contributed by atoms with van der Waals surface area (Å²) in [5.74, 6) is -0.383. The maximum atomic E-state index is 12.7. The van der Waals surface area contributed by atoms with Gasteiger partial charge in [-0.2, -0.15) is 0 Å². The van der Waals surface area contributed by atoms with Crippen LogP contribution >= 0.6 is 11.8 Å². The smallest absolute Gasteiger partial charge is 0.269 e. The number of carbonyl (C=O) groups is 2. The second kappa shape index (κ2) is 10.0. The van der Waals surface area contributed by atoms with Gasteiger partial charge in [-0.25, -0.2) is 0 Å². The Morgan fingerprint density at radius 3 is 2.55 bits per heavy atom. The van der Waals surface area contributed by atoms with Crippen molar-refractivity contribution in [3.8, 4) is 0 Å². The molecule has 2 amide bonds. The first-order valence-electron chi connectivity index (χ1n) is 10.3. The van der Waals surface area contributed by atoms with Crippen molar-refractivity contribution >= 4 is 29.3 Å². The number of thioether (sulfide) groups is 1. The van der Waals surface area contributed by atoms with Crippen molar-refractivity contribution in [2.24, 2.45) is 5.73 Å². The van der Waals surface area contributed by atoms with Gasteiger partial charge in [0.25, 0.3) is 5.91 Å². The third-order valence-electron chi connectivity index (χ3n) is 5.42. The largest absolute Gasteiger partial charge is 0.392 e. The molecule has 0 aromatic heterocycles. The van der Waals surface area contributed by atoms with E-state index in [1.54, 1.807) is 4.90 Å². The normalized spacial score (nSPS) is 21.5. The van der Waals surface area contributed by atoms with E-state index in [2.05, 4.69) is 39.8 Å². The van der Waals surface area contributed by atoms with Gasteiger partial charge in [-0.1, -0.05) is 23.9 Å². The average molecular weight is 418 g/mol. The number of nitrogens with zero attached hydrogens (tertiary/aromatic N) is 2. The molecular formula is C21H31N5O2S. The molecule has 0 spiro atoms. The van der Waals surface area contributed by atoms with Crippen molar-refractivity contribution in [1.29, 1.82) is 0 Å². The molecule has 158 valence electrons. The predicted octanol–water partition coefficient (Wildman–Crippen LogP) is 1.57. The lowest BCUT2D eigenvalue weighted by Crippen LogP contribution is -2.34. The van der Waals surface area contributed by atoms with Gasteiger partial charge < -0.3 is 26.2 Å². The number of likely N-dealkylation sites (N-methyl/N-ethyl adjacent to an activating group) is 1. The summed E-state index contributed by atoms with van der Waals surface area (Å²) in [5.41, 5.74) is 8.36. The highest BCUT2D eigenvalue weighted by Crippen LogP contribution is 2.36. The summed E-state index contributed by atoms with van der Waals surface area (Å²) in [7, 11) is 1.53. The van der Waals surface area contributed by atoms with E-state index < -0.39 is 0 Å². The van der Waals surface area contributed by atoms with E-state index in [-0.39, 0.29) is 22.8 Å². The summed E-state index contributed by atoms with van der Waals surface area (Å²) in [4.78, 5) is 28.7. The van der Waals surface area contributed by atoms with Gasteiger partial charge in [0, 0.05) is 32.4 Å². The first-order chi connectivity index (χ1) is 14.0. The lowest BCUT2D eigenvalue weighted by molar-refractivity contribution is -0.127. The number of nitrogens with one attached hydrogen (secondary N) is 2. The molecule has 7 nitrogen and oxygen atoms in total. The predicted molar refractivity (Wildman–Crippen MR) is 118 cm³/mol. The van der Waals surface area contributed by atoms with E-state index >= 15 is 0 Å². The second-order valence-electron chi connectivity index (χ2n) is 7.36. The van der Waals surface area contributed by atoms with Crippen LogP contribution in [0.15, 0.2) is 35.0 Å². The Hall–Kier alpha value is -2.19. The molecule has 2 saturated heterocycles. The summed E-state index contributed by atoms with van der Waals surface area (Å²) in [6.45, 7) is 6.42. The van der Waals surface area contributed by atoms with E-state index in [1.165, 1.54) is 50.3 Å². The number of likely N-dealkylation sites (tertiary alicyclic amines) is 1. The van der Waals surface area contributed by atoms with Crippen LogP contribution in [0.1, 0.15) is 25.3 Å². The third kappa shape index (κ3) is 5.25. The highest BCUT2D eigenvalue weighted by Gasteiger charge is 2.38. The lowest BCUT2D eigenvalue weighted by Gasteiger charge is -2.16. The Morgan fingerprint density at radius 2 is 1.93 bits per heavy atom. The van der Waals surface area contributed by atoms with Crippen molar-refractivity contribution < 1.29 is 9.59 Å². The highest BCUT2D eigenvalue weighted by molar-refractivity contribution is 8.04. The van der Waals surface area contributed by atoms with Crippen molar-refractivity contribution in [2.75, 3.05) is 45.1 Å². The van der Waals surface area contributed by atoms with Crippen molar-refractivity contribution in [1.82, 2.24) is 15.1 Å². The summed E-state index contributed by atoms with van der Waals surface area (Å²) in [6.07, 6.45) is 3.71. The van der Waals surface area contributed by atoms with Crippen LogP contribution in [0.25, 0.3) is 0 Å². The fourth-order valence-electron chi connectivity index (χ4n) is 3.69. The first-order valence-corrected chi connectivity index (χ1v) is 11.2. The van der Waals surface area contributed by atoms with Crippen molar-refractivity contribution in [3.63, 3.8) is 0 Å². The Kier molecular flexibility index (Phi) is 7.44. The third-order valence-corrected chi connectivity index (χ3v) is 6.74. The SMILES string of the molecule is CCN1C(=O)[C@@H](CNc2ccc(CCN3CCCC3)cc2)S/C1=C(/N)C(=O)NC. The fraction of sp³-hybridized carbons (Fsp3) is 0.524. The molecule has 1 atom stereocenters. The summed E-state index contributed by atoms with van der Waals surface area (Å²) < 4.78 is 0. The quantitative estimate of drug-likeness (QED) is 0.557. The van der Waals surface area contributed by atoms with E-state index in [1.807, 2.05) is 6.92 Å². The van der Waals surface area contributed by atoms with Gasteiger partial charge in [-0.15, -0.1) is 0 Å². The molecule has 2 aliphatic rings. The van der Waals surface area contributed by atoms with Crippen LogP contribution in [0, 0.1) is 0 Å². The minimum Gasteiger partial charge on any atom is -0.392 e. The molecule has 2 aliphatic heterocycles. The molecule has 0 unspecified atom stereocenters. The van der Waals surface area contributed by atoms with Crippen molar-refractivity contribution in [3.05, 3.63) is 40.6 Å². The number of anilines is 1. The number of carbonyl (C=O) groups excluding carboxylic acids is 2. The van der Waals surface area contributed by atoms with Gasteiger partial charge in [0.2, 0.25) is 5.91 Å². The van der Waals surface area contributed by atoms with Crippen LogP contribution in [0.5, 0.6) is 0 Å². The molecule has 4 N–H and O–H groups in total. The van der Waals surface area contributed by atoms with Crippen LogP contribution in [0.4, 0.5) is 5.69 Å². The van der Waals surface area contributed by atoms with Gasteiger partial charge in [0.15, 0.2) is 0 Å². The van der Waals surface area contributed by atoms with E-state index in [9.17, 15) is 9.59 Å². The van der Waals surface area contributed by atoms with Crippen molar-refractivity contribution in [2.45, 2.75) is 31.4 Å². The number of hydrogen-bond acceptors (Lipinski definition) is 6. The first kappa shape index (κ1) is 21.5. The Balaban J connectivity index is 1.55. The van der Waals surface area contributed by atoms with E-state index in [4.69, 9.17) is 5.73 Å². The zero-order chi connectivity index (χ0) is 20.8. The molecule has 29 heavy (non-hydrogen) atoms. The molecule has 0 radical (unpaired) electrons. The molecule has 0 bridgehead atoms. The van der Waals surface area contributed by atoms with Crippen LogP contribution in [-0.4, -0.2) is 66.6 Å². The van der Waals surface area contributed by atoms with Gasteiger partial charge in [0.1, 0.15) is 16.0 Å². The summed E-state index contributed by atoms with van der Waals surface area (Å²) in [6, 6.07) is 8.43. The zero-order valence-electron chi connectivity index (χ0n) is 17.2. The van der Waals surface area contributed by atoms with Gasteiger partial charge in [-0.3, -0.25) is 9.59 Å². The number of rotatable bonds is 8. The number of amides is 2. The Morgan fingerprint density at radius 1 is 1.24 bits per heavy atom. The number of benzene rings is 1. The van der Waals surface area contributed by atoms with Crippen LogP contribution in [-0.2, 0) is 16.0 Å². The Labute approximate surface area is 177 Å². The zero-order valence-corrected chi connectivity index (χ0v) is 18.1. The summed E-state index contributed by atoms with van der Waals surface area (Å²) in [5, 5.41) is 6.10. The van der Waals surface area contributed by atoms with Gasteiger partial charge in [-0.05, 0) is 57.0 Å². The molecule has 3 rings (SSSR count). The van der Waals surface area contributed by atoms with E-state index in [0.29, 0.717) is 18.1 Å². The van der Waals surface area contributed by atoms with Crippen LogP contribution in [0.2, 0.25) is 0 Å². The number of hydrogen-bond donors (Lipinski definition) is 3. The topological polar surface area (TPSA) is 90.7 Å². The number of nitrogens with two attached hydrogens (primary N) is 1. The summed E-state index contributed by atoms with van der Waals surface area (Å²) >= 11 is 1.35. The maximum absolute atomic E-state index is 12.7. The minimum absolute atomic E-state index is 0.0194. The molecule has 1 aromatic carbocycles. The molecule has 1 aromatic rings. The maximum Gasteiger partial charge on any atom is 0.269 e. The van der Waals surface area contributed by atoms with E-state index in [0.717, 1.165) is 18.7 Å². The van der Waals surface area contributed by atoms with Gasteiger partial charge in [0.05, 0.1) is 0 Å². The molecule has 0 saturated carbocycles. The van der Waals surface area contributed by atoms with Crippen LogP contribution in [0.3, 0.4) is 0 Å².